The molecule has 1 saturated carbocycles. The van der Waals surface area contributed by atoms with Crippen molar-refractivity contribution in [2.45, 2.75) is 44.3 Å². The molecule has 23 heavy (non-hydrogen) atoms. The van der Waals surface area contributed by atoms with Gasteiger partial charge in [-0.3, -0.25) is 9.59 Å². The largest absolute Gasteiger partial charge is 0.336 e. The van der Waals surface area contributed by atoms with Gasteiger partial charge in [0.1, 0.15) is 0 Å². The first-order valence-electron chi connectivity index (χ1n) is 8.26. The molecule has 0 atom stereocenters. The molecule has 2 rings (SSSR count). The molecule has 0 radical (unpaired) electrons. The summed E-state index contributed by atoms with van der Waals surface area (Å²) in [5.74, 6) is 0.339. The van der Waals surface area contributed by atoms with Crippen molar-refractivity contribution in [3.05, 3.63) is 29.8 Å². The Hall–Kier alpha value is -1.49. The minimum absolute atomic E-state index is 0.0274. The van der Waals surface area contributed by atoms with Gasteiger partial charge < -0.3 is 10.2 Å². The van der Waals surface area contributed by atoms with Gasteiger partial charge in [0.2, 0.25) is 11.8 Å². The van der Waals surface area contributed by atoms with Crippen LogP contribution in [0.1, 0.15) is 37.7 Å². The molecule has 2 amide bonds. The number of rotatable bonds is 6. The molecule has 1 aromatic carbocycles. The van der Waals surface area contributed by atoms with Gasteiger partial charge in [-0.15, -0.1) is 11.8 Å². The van der Waals surface area contributed by atoms with Crippen molar-refractivity contribution in [3.63, 3.8) is 0 Å². The van der Waals surface area contributed by atoms with E-state index in [0.717, 1.165) is 11.3 Å². The zero-order chi connectivity index (χ0) is 16.7. The zero-order valence-electron chi connectivity index (χ0n) is 14.0. The fourth-order valence-corrected chi connectivity index (χ4v) is 3.94. The quantitative estimate of drug-likeness (QED) is 0.867. The molecule has 1 N–H and O–H groups in total. The molecule has 1 aliphatic rings. The number of likely N-dealkylation sites (N-methyl/N-ethyl adjacent to an activating group) is 1. The highest BCUT2D eigenvalue weighted by Crippen LogP contribution is 2.28. The smallest absolute Gasteiger partial charge is 0.243 e. The minimum Gasteiger partial charge on any atom is -0.336 e. The first-order valence-corrected chi connectivity index (χ1v) is 9.31. The molecule has 0 aromatic heterocycles. The highest BCUT2D eigenvalue weighted by Gasteiger charge is 2.18. The second-order valence-corrected chi connectivity index (χ2v) is 7.52. The molecule has 1 aromatic rings. The van der Waals surface area contributed by atoms with Crippen LogP contribution in [0.5, 0.6) is 0 Å². The van der Waals surface area contributed by atoms with E-state index >= 15 is 0 Å². The Morgan fingerprint density at radius 2 is 1.83 bits per heavy atom. The highest BCUT2D eigenvalue weighted by atomic mass is 32.2. The van der Waals surface area contributed by atoms with Gasteiger partial charge in [0.05, 0.1) is 12.3 Å². The molecule has 0 aliphatic heterocycles. The third kappa shape index (κ3) is 6.26. The van der Waals surface area contributed by atoms with Gasteiger partial charge in [0, 0.05) is 18.0 Å². The Balaban J connectivity index is 1.71. The number of benzene rings is 1. The zero-order valence-corrected chi connectivity index (χ0v) is 14.8. The minimum atomic E-state index is -0.160. The average molecular weight is 334 g/mol. The van der Waals surface area contributed by atoms with Crippen molar-refractivity contribution >= 4 is 29.3 Å². The number of nitrogens with zero attached hydrogens (tertiary/aromatic N) is 1. The van der Waals surface area contributed by atoms with Crippen LogP contribution in [0.3, 0.4) is 0 Å². The lowest BCUT2D eigenvalue weighted by Gasteiger charge is -2.22. The lowest BCUT2D eigenvalue weighted by Crippen LogP contribution is -2.36. The predicted octanol–water partition coefficient (Wildman–Crippen LogP) is 3.46. The van der Waals surface area contributed by atoms with Crippen molar-refractivity contribution in [1.82, 2.24) is 4.90 Å². The molecule has 0 spiro atoms. The number of nitrogens with one attached hydrogen (secondary N) is 1. The molecule has 1 fully saturated rings. The maximum absolute atomic E-state index is 12.1. The van der Waals surface area contributed by atoms with E-state index < -0.39 is 0 Å². The van der Waals surface area contributed by atoms with Crippen molar-refractivity contribution < 1.29 is 9.59 Å². The summed E-state index contributed by atoms with van der Waals surface area (Å²) in [6.45, 7) is 2.10. The van der Waals surface area contributed by atoms with Crippen LogP contribution < -0.4 is 5.32 Å². The van der Waals surface area contributed by atoms with E-state index in [4.69, 9.17) is 0 Å². The first kappa shape index (κ1) is 17.9. The average Bonchev–Trinajstić information content (AvgIpc) is 2.55. The number of carbonyl (C=O) groups is 2. The fourth-order valence-electron chi connectivity index (χ4n) is 2.67. The molecule has 0 saturated heterocycles. The molecule has 4 nitrogen and oxygen atoms in total. The van der Waals surface area contributed by atoms with Crippen molar-refractivity contribution in [2.24, 2.45) is 0 Å². The van der Waals surface area contributed by atoms with Crippen LogP contribution >= 0.6 is 11.8 Å². The standard InChI is InChI=1S/C18H26N2O2S/c1-14-8-10-15(11-9-14)19-17(21)12-20(2)18(22)13-23-16-6-4-3-5-7-16/h8-11,16H,3-7,12-13H2,1-2H3,(H,19,21). The summed E-state index contributed by atoms with van der Waals surface area (Å²) in [5.41, 5.74) is 1.91. The lowest BCUT2D eigenvalue weighted by atomic mass is 10.0. The Labute approximate surface area is 143 Å². The number of hydrogen-bond acceptors (Lipinski definition) is 3. The van der Waals surface area contributed by atoms with E-state index in [0.29, 0.717) is 11.0 Å². The maximum atomic E-state index is 12.1. The number of thioether (sulfide) groups is 1. The number of carbonyl (C=O) groups excluding carboxylic acids is 2. The molecular weight excluding hydrogens is 308 g/mol. The van der Waals surface area contributed by atoms with Crippen LogP contribution in [0.15, 0.2) is 24.3 Å². The molecule has 126 valence electrons. The summed E-state index contributed by atoms with van der Waals surface area (Å²) >= 11 is 1.74. The van der Waals surface area contributed by atoms with E-state index in [2.05, 4.69) is 5.32 Å². The van der Waals surface area contributed by atoms with Gasteiger partial charge in [-0.25, -0.2) is 0 Å². The Kier molecular flexibility index (Phi) is 6.96. The van der Waals surface area contributed by atoms with Gasteiger partial charge >= 0.3 is 0 Å². The second kappa shape index (κ2) is 8.96. The van der Waals surface area contributed by atoms with Crippen LogP contribution in [0, 0.1) is 6.92 Å². The SMILES string of the molecule is Cc1ccc(NC(=O)CN(C)C(=O)CSC2CCCCC2)cc1. The maximum Gasteiger partial charge on any atom is 0.243 e. The van der Waals surface area contributed by atoms with E-state index in [1.165, 1.54) is 37.0 Å². The Morgan fingerprint density at radius 3 is 2.48 bits per heavy atom. The van der Waals surface area contributed by atoms with Gasteiger partial charge in [0.25, 0.3) is 0 Å². The summed E-state index contributed by atoms with van der Waals surface area (Å²) < 4.78 is 0. The van der Waals surface area contributed by atoms with Crippen LogP contribution in [-0.2, 0) is 9.59 Å². The number of anilines is 1. The third-order valence-electron chi connectivity index (χ3n) is 4.14. The van der Waals surface area contributed by atoms with E-state index in [1.54, 1.807) is 18.8 Å². The van der Waals surface area contributed by atoms with Crippen molar-refractivity contribution in [3.8, 4) is 0 Å². The lowest BCUT2D eigenvalue weighted by molar-refractivity contribution is -0.131. The summed E-state index contributed by atoms with van der Waals surface area (Å²) in [6, 6.07) is 7.64. The normalized spacial score (nSPS) is 15.2. The summed E-state index contributed by atoms with van der Waals surface area (Å²) in [4.78, 5) is 25.7. The van der Waals surface area contributed by atoms with E-state index in [-0.39, 0.29) is 18.4 Å². The Bertz CT molecular complexity index is 524. The predicted molar refractivity (Wildman–Crippen MR) is 96.8 cm³/mol. The van der Waals surface area contributed by atoms with Crippen LogP contribution in [-0.4, -0.2) is 41.3 Å². The van der Waals surface area contributed by atoms with Gasteiger partial charge in [-0.1, -0.05) is 37.0 Å². The summed E-state index contributed by atoms with van der Waals surface area (Å²) in [7, 11) is 1.69. The van der Waals surface area contributed by atoms with Crippen LogP contribution in [0.4, 0.5) is 5.69 Å². The molecule has 1 aliphatic carbocycles. The van der Waals surface area contributed by atoms with Gasteiger partial charge in [0.15, 0.2) is 0 Å². The van der Waals surface area contributed by atoms with Gasteiger partial charge in [-0.2, -0.15) is 0 Å². The topological polar surface area (TPSA) is 49.4 Å². The molecule has 0 bridgehead atoms. The van der Waals surface area contributed by atoms with Crippen molar-refractivity contribution in [2.75, 3.05) is 24.7 Å². The second-order valence-electron chi connectivity index (χ2n) is 6.24. The molecular formula is C18H26N2O2S. The van der Waals surface area contributed by atoms with E-state index in [1.807, 2.05) is 31.2 Å². The third-order valence-corrected chi connectivity index (χ3v) is 5.49. The number of amides is 2. The molecule has 0 heterocycles. The van der Waals surface area contributed by atoms with Gasteiger partial charge in [-0.05, 0) is 31.9 Å². The monoisotopic (exact) mass is 334 g/mol. The first-order chi connectivity index (χ1) is 11.0. The number of hydrogen-bond donors (Lipinski definition) is 1. The highest BCUT2D eigenvalue weighted by molar-refractivity contribution is 8.00. The van der Waals surface area contributed by atoms with Crippen LogP contribution in [0.2, 0.25) is 0 Å². The summed E-state index contributed by atoms with van der Waals surface area (Å²) in [5, 5.41) is 3.43. The molecule has 5 heteroatoms. The number of aryl methyl sites for hydroxylation is 1. The van der Waals surface area contributed by atoms with Crippen LogP contribution in [0.25, 0.3) is 0 Å². The van der Waals surface area contributed by atoms with E-state index in [9.17, 15) is 9.59 Å². The molecule has 0 unspecified atom stereocenters. The van der Waals surface area contributed by atoms with Crippen molar-refractivity contribution in [1.29, 1.82) is 0 Å². The Morgan fingerprint density at radius 1 is 1.17 bits per heavy atom. The fraction of sp³-hybridized carbons (Fsp3) is 0.556. The summed E-state index contributed by atoms with van der Waals surface area (Å²) in [6.07, 6.45) is 6.32.